The summed E-state index contributed by atoms with van der Waals surface area (Å²) in [6.07, 6.45) is 1.28. The molecule has 0 aliphatic carbocycles. The Bertz CT molecular complexity index is 570. The number of hydrogen-bond acceptors (Lipinski definition) is 4. The summed E-state index contributed by atoms with van der Waals surface area (Å²) in [6.45, 7) is 6.65. The summed E-state index contributed by atoms with van der Waals surface area (Å²) in [5.41, 5.74) is 0.0578. The summed E-state index contributed by atoms with van der Waals surface area (Å²) < 4.78 is 11.4. The van der Waals surface area contributed by atoms with Gasteiger partial charge in [-0.15, -0.1) is 0 Å². The first-order chi connectivity index (χ1) is 9.78. The Morgan fingerprint density at radius 2 is 2.10 bits per heavy atom. The molecule has 2 heterocycles. The number of hydrogen-bond donors (Lipinski definition) is 1. The lowest BCUT2D eigenvalue weighted by molar-refractivity contribution is -0.0915. The first-order valence-electron chi connectivity index (χ1n) is 7.26. The number of aromatic hydroxyl groups is 1. The number of phenols is 1. The number of carbonyl (C=O) groups is 1. The fourth-order valence-electron chi connectivity index (χ4n) is 2.87. The van der Waals surface area contributed by atoms with Gasteiger partial charge in [0.25, 0.3) is 0 Å². The van der Waals surface area contributed by atoms with Crippen molar-refractivity contribution in [3.63, 3.8) is 0 Å². The van der Waals surface area contributed by atoms with Crippen molar-refractivity contribution >= 4 is 6.09 Å². The predicted molar refractivity (Wildman–Crippen MR) is 77.6 cm³/mol. The standard InChI is InChI=1S/C16H21NO4/c1-15(2,3)21-14(19)17-9-16(10-17)8-7-11-12(18)5-4-6-13(11)20-16/h4-6,18H,7-10H2,1-3H3. The van der Waals surface area contributed by atoms with Gasteiger partial charge in [0, 0.05) is 5.56 Å². The molecule has 114 valence electrons. The number of ether oxygens (including phenoxy) is 2. The molecule has 2 aliphatic rings. The van der Waals surface area contributed by atoms with Crippen molar-refractivity contribution in [3.05, 3.63) is 23.8 Å². The molecule has 2 aliphatic heterocycles. The van der Waals surface area contributed by atoms with Crippen molar-refractivity contribution < 1.29 is 19.4 Å². The van der Waals surface area contributed by atoms with Crippen LogP contribution in [0.2, 0.25) is 0 Å². The van der Waals surface area contributed by atoms with Crippen LogP contribution in [-0.4, -0.2) is 40.4 Å². The molecule has 0 radical (unpaired) electrons. The summed E-state index contributed by atoms with van der Waals surface area (Å²) >= 11 is 0. The summed E-state index contributed by atoms with van der Waals surface area (Å²) in [5.74, 6) is 1.01. The molecule has 1 saturated heterocycles. The summed E-state index contributed by atoms with van der Waals surface area (Å²) in [4.78, 5) is 13.6. The predicted octanol–water partition coefficient (Wildman–Crippen LogP) is 2.71. The topological polar surface area (TPSA) is 59.0 Å². The van der Waals surface area contributed by atoms with E-state index in [1.807, 2.05) is 26.8 Å². The second kappa shape index (κ2) is 4.55. The lowest BCUT2D eigenvalue weighted by Crippen LogP contribution is -2.67. The van der Waals surface area contributed by atoms with Gasteiger partial charge in [0.05, 0.1) is 13.1 Å². The fraction of sp³-hybridized carbons (Fsp3) is 0.562. The highest BCUT2D eigenvalue weighted by atomic mass is 16.6. The van der Waals surface area contributed by atoms with Gasteiger partial charge < -0.3 is 19.5 Å². The van der Waals surface area contributed by atoms with Gasteiger partial charge in [-0.05, 0) is 45.7 Å². The largest absolute Gasteiger partial charge is 0.508 e. The normalized spacial score (nSPS) is 19.5. The van der Waals surface area contributed by atoms with Gasteiger partial charge in [0.1, 0.15) is 22.7 Å². The summed E-state index contributed by atoms with van der Waals surface area (Å²) in [7, 11) is 0. The van der Waals surface area contributed by atoms with Gasteiger partial charge in [0.15, 0.2) is 0 Å². The maximum atomic E-state index is 12.0. The minimum absolute atomic E-state index is 0.283. The molecule has 21 heavy (non-hydrogen) atoms. The van der Waals surface area contributed by atoms with E-state index in [1.165, 1.54) is 0 Å². The molecule has 0 aromatic heterocycles. The third kappa shape index (κ3) is 2.64. The lowest BCUT2D eigenvalue weighted by atomic mass is 9.84. The number of fused-ring (bicyclic) bond motifs is 1. The molecule has 3 rings (SSSR count). The molecular weight excluding hydrogens is 270 g/mol. The van der Waals surface area contributed by atoms with Crippen LogP contribution in [0, 0.1) is 0 Å². The van der Waals surface area contributed by atoms with Crippen LogP contribution >= 0.6 is 0 Å². The Morgan fingerprint density at radius 3 is 2.76 bits per heavy atom. The molecule has 1 spiro atoms. The van der Waals surface area contributed by atoms with Crippen molar-refractivity contribution in [2.75, 3.05) is 13.1 Å². The molecule has 0 unspecified atom stereocenters. The van der Waals surface area contributed by atoms with Crippen LogP contribution in [0.15, 0.2) is 18.2 Å². The monoisotopic (exact) mass is 291 g/mol. The van der Waals surface area contributed by atoms with E-state index in [0.717, 1.165) is 24.2 Å². The second-order valence-electron chi connectivity index (χ2n) is 6.88. The highest BCUT2D eigenvalue weighted by Crippen LogP contribution is 2.42. The third-order valence-corrected chi connectivity index (χ3v) is 3.88. The average Bonchev–Trinajstić information content (AvgIpc) is 2.33. The SMILES string of the molecule is CC(C)(C)OC(=O)N1CC2(CCc3c(O)cccc3O2)C1. The highest BCUT2D eigenvalue weighted by Gasteiger charge is 2.50. The summed E-state index contributed by atoms with van der Waals surface area (Å²) in [6, 6.07) is 5.32. The Balaban J connectivity index is 1.65. The van der Waals surface area contributed by atoms with Gasteiger partial charge >= 0.3 is 6.09 Å². The van der Waals surface area contributed by atoms with E-state index >= 15 is 0 Å². The minimum Gasteiger partial charge on any atom is -0.508 e. The van der Waals surface area contributed by atoms with Crippen molar-refractivity contribution in [2.45, 2.75) is 44.8 Å². The van der Waals surface area contributed by atoms with Crippen LogP contribution in [0.4, 0.5) is 4.79 Å². The van der Waals surface area contributed by atoms with Crippen LogP contribution in [-0.2, 0) is 11.2 Å². The lowest BCUT2D eigenvalue weighted by Gasteiger charge is -2.51. The van der Waals surface area contributed by atoms with Crippen LogP contribution in [0.5, 0.6) is 11.5 Å². The van der Waals surface area contributed by atoms with Crippen LogP contribution < -0.4 is 4.74 Å². The van der Waals surface area contributed by atoms with Crippen molar-refractivity contribution in [3.8, 4) is 11.5 Å². The average molecular weight is 291 g/mol. The van der Waals surface area contributed by atoms with Gasteiger partial charge in [-0.1, -0.05) is 6.07 Å². The molecule has 0 bridgehead atoms. The zero-order chi connectivity index (χ0) is 15.3. The van der Waals surface area contributed by atoms with E-state index in [1.54, 1.807) is 17.0 Å². The van der Waals surface area contributed by atoms with Crippen molar-refractivity contribution in [1.82, 2.24) is 4.90 Å². The molecule has 0 atom stereocenters. The Hall–Kier alpha value is -1.91. The first-order valence-corrected chi connectivity index (χ1v) is 7.26. The van der Waals surface area contributed by atoms with E-state index in [9.17, 15) is 9.90 Å². The van der Waals surface area contributed by atoms with Gasteiger partial charge in [-0.2, -0.15) is 0 Å². The van der Waals surface area contributed by atoms with E-state index in [4.69, 9.17) is 9.47 Å². The smallest absolute Gasteiger partial charge is 0.410 e. The number of likely N-dealkylation sites (tertiary alicyclic amines) is 1. The van der Waals surface area contributed by atoms with Crippen LogP contribution in [0.25, 0.3) is 0 Å². The molecule has 5 nitrogen and oxygen atoms in total. The van der Waals surface area contributed by atoms with E-state index in [-0.39, 0.29) is 17.4 Å². The minimum atomic E-state index is -0.481. The van der Waals surface area contributed by atoms with Gasteiger partial charge in [-0.3, -0.25) is 0 Å². The second-order valence-corrected chi connectivity index (χ2v) is 6.88. The van der Waals surface area contributed by atoms with Gasteiger partial charge in [0.2, 0.25) is 0 Å². The molecule has 1 aromatic rings. The van der Waals surface area contributed by atoms with Crippen LogP contribution in [0.3, 0.4) is 0 Å². The van der Waals surface area contributed by atoms with Crippen molar-refractivity contribution in [2.24, 2.45) is 0 Å². The molecule has 1 N–H and O–H groups in total. The fourth-order valence-corrected chi connectivity index (χ4v) is 2.87. The van der Waals surface area contributed by atoms with Crippen LogP contribution in [0.1, 0.15) is 32.8 Å². The Morgan fingerprint density at radius 1 is 1.38 bits per heavy atom. The number of phenolic OH excluding ortho intramolecular Hbond substituents is 1. The number of benzene rings is 1. The molecule has 1 fully saturated rings. The zero-order valence-electron chi connectivity index (χ0n) is 12.7. The quantitative estimate of drug-likeness (QED) is 0.798. The highest BCUT2D eigenvalue weighted by molar-refractivity contribution is 5.70. The number of rotatable bonds is 0. The molecule has 0 saturated carbocycles. The van der Waals surface area contributed by atoms with E-state index < -0.39 is 5.60 Å². The molecule has 5 heteroatoms. The third-order valence-electron chi connectivity index (χ3n) is 3.88. The molecular formula is C16H21NO4. The Labute approximate surface area is 124 Å². The molecule has 1 amide bonds. The first kappa shape index (κ1) is 14.0. The Kier molecular flexibility index (Phi) is 3.04. The maximum absolute atomic E-state index is 12.0. The van der Waals surface area contributed by atoms with Crippen molar-refractivity contribution in [1.29, 1.82) is 0 Å². The number of nitrogens with zero attached hydrogens (tertiary/aromatic N) is 1. The van der Waals surface area contributed by atoms with E-state index in [0.29, 0.717) is 13.1 Å². The maximum Gasteiger partial charge on any atom is 0.410 e. The van der Waals surface area contributed by atoms with Gasteiger partial charge in [-0.25, -0.2) is 4.79 Å². The summed E-state index contributed by atoms with van der Waals surface area (Å²) in [5, 5.41) is 9.82. The number of carbonyl (C=O) groups excluding carboxylic acids is 1. The molecule has 1 aromatic carbocycles. The zero-order valence-corrected chi connectivity index (χ0v) is 12.7. The number of amides is 1. The van der Waals surface area contributed by atoms with E-state index in [2.05, 4.69) is 0 Å².